The molecule has 150 valence electrons. The van der Waals surface area contributed by atoms with Crippen LogP contribution in [0.5, 0.6) is 0 Å². The second kappa shape index (κ2) is 8.16. The molecular formula is C23H18N2O5. The number of nitro groups is 1. The van der Waals surface area contributed by atoms with Crippen LogP contribution in [0.2, 0.25) is 0 Å². The van der Waals surface area contributed by atoms with Crippen LogP contribution in [0.3, 0.4) is 0 Å². The van der Waals surface area contributed by atoms with Crippen molar-refractivity contribution in [3.8, 4) is 11.1 Å². The summed E-state index contributed by atoms with van der Waals surface area (Å²) in [6.07, 6.45) is -0.449. The van der Waals surface area contributed by atoms with Gasteiger partial charge in [0.25, 0.3) is 11.6 Å². The van der Waals surface area contributed by atoms with Crippen molar-refractivity contribution >= 4 is 17.6 Å². The monoisotopic (exact) mass is 402 g/mol. The number of rotatable bonds is 6. The van der Waals surface area contributed by atoms with Gasteiger partial charge in [-0.25, -0.2) is 0 Å². The Balaban J connectivity index is 1.35. The van der Waals surface area contributed by atoms with E-state index in [1.165, 1.54) is 24.3 Å². The van der Waals surface area contributed by atoms with Crippen LogP contribution in [0.15, 0.2) is 72.8 Å². The van der Waals surface area contributed by atoms with Crippen molar-refractivity contribution in [2.75, 3.05) is 6.54 Å². The Labute approximate surface area is 172 Å². The molecule has 7 heteroatoms. The Morgan fingerprint density at radius 3 is 2.03 bits per heavy atom. The van der Waals surface area contributed by atoms with Gasteiger partial charge < -0.3 is 10.1 Å². The van der Waals surface area contributed by atoms with Crippen molar-refractivity contribution in [2.24, 2.45) is 0 Å². The number of carbonyl (C=O) groups is 2. The molecule has 30 heavy (non-hydrogen) atoms. The van der Waals surface area contributed by atoms with Crippen molar-refractivity contribution in [1.29, 1.82) is 0 Å². The minimum Gasteiger partial charge on any atom is -0.452 e. The first kappa shape index (κ1) is 19.3. The fourth-order valence-corrected chi connectivity index (χ4v) is 3.54. The summed E-state index contributed by atoms with van der Waals surface area (Å²) in [5.41, 5.74) is 4.19. The topological polar surface area (TPSA) is 98.5 Å². The van der Waals surface area contributed by atoms with Gasteiger partial charge in [-0.05, 0) is 23.3 Å². The summed E-state index contributed by atoms with van der Waals surface area (Å²) in [5, 5.41) is 13.3. The second-order valence-corrected chi connectivity index (χ2v) is 6.85. The molecule has 0 unspecified atom stereocenters. The normalized spacial score (nSPS) is 12.0. The van der Waals surface area contributed by atoms with Crippen LogP contribution in [-0.2, 0) is 9.53 Å². The minimum atomic E-state index is -0.531. The van der Waals surface area contributed by atoms with E-state index >= 15 is 0 Å². The minimum absolute atomic E-state index is 0.0134. The molecule has 4 rings (SSSR count). The van der Waals surface area contributed by atoms with Gasteiger partial charge in [-0.1, -0.05) is 48.5 Å². The van der Waals surface area contributed by atoms with E-state index in [-0.39, 0.29) is 24.2 Å². The molecule has 0 aliphatic heterocycles. The number of nitro benzene ring substituents is 1. The molecule has 3 aromatic carbocycles. The average Bonchev–Trinajstić information content (AvgIpc) is 3.08. The van der Waals surface area contributed by atoms with Gasteiger partial charge in [-0.2, -0.15) is 0 Å². The van der Waals surface area contributed by atoms with Crippen LogP contribution in [-0.4, -0.2) is 23.3 Å². The maximum absolute atomic E-state index is 12.4. The SMILES string of the molecule is O=C(CCNC(=O)c1ccc([N+](=O)[O-])cc1)OC1c2ccccc2-c2ccccc21. The van der Waals surface area contributed by atoms with Crippen molar-refractivity contribution < 1.29 is 19.2 Å². The number of fused-ring (bicyclic) bond motifs is 3. The number of esters is 1. The number of carbonyl (C=O) groups excluding carboxylic acids is 2. The van der Waals surface area contributed by atoms with Crippen LogP contribution in [0.25, 0.3) is 11.1 Å². The lowest BCUT2D eigenvalue weighted by atomic mass is 10.1. The van der Waals surface area contributed by atoms with Crippen LogP contribution in [0.4, 0.5) is 5.69 Å². The van der Waals surface area contributed by atoms with E-state index in [0.29, 0.717) is 0 Å². The molecule has 1 amide bonds. The summed E-state index contributed by atoms with van der Waals surface area (Å²) in [7, 11) is 0. The maximum atomic E-state index is 12.4. The van der Waals surface area contributed by atoms with E-state index in [0.717, 1.165) is 22.3 Å². The molecule has 0 fully saturated rings. The zero-order valence-electron chi connectivity index (χ0n) is 15.9. The Morgan fingerprint density at radius 2 is 1.47 bits per heavy atom. The number of hydrogen-bond acceptors (Lipinski definition) is 5. The molecule has 0 radical (unpaired) electrons. The predicted octanol–water partition coefficient (Wildman–Crippen LogP) is 4.03. The molecule has 0 spiro atoms. The van der Waals surface area contributed by atoms with Crippen LogP contribution >= 0.6 is 0 Å². The first-order valence-electron chi connectivity index (χ1n) is 9.45. The summed E-state index contributed by atoms with van der Waals surface area (Å²) in [6, 6.07) is 20.9. The quantitative estimate of drug-likeness (QED) is 0.381. The molecule has 1 aliphatic rings. The number of benzene rings is 3. The van der Waals surface area contributed by atoms with E-state index < -0.39 is 22.9 Å². The molecule has 3 aromatic rings. The zero-order valence-corrected chi connectivity index (χ0v) is 15.9. The third-order valence-electron chi connectivity index (χ3n) is 4.98. The lowest BCUT2D eigenvalue weighted by molar-refractivity contribution is -0.384. The summed E-state index contributed by atoms with van der Waals surface area (Å²) >= 11 is 0. The smallest absolute Gasteiger partial charge is 0.308 e. The average molecular weight is 402 g/mol. The maximum Gasteiger partial charge on any atom is 0.308 e. The Bertz CT molecular complexity index is 1080. The van der Waals surface area contributed by atoms with Crippen LogP contribution in [0, 0.1) is 10.1 Å². The van der Waals surface area contributed by atoms with Gasteiger partial charge >= 0.3 is 5.97 Å². The molecule has 7 nitrogen and oxygen atoms in total. The van der Waals surface area contributed by atoms with Gasteiger partial charge in [0.1, 0.15) is 0 Å². The van der Waals surface area contributed by atoms with E-state index in [9.17, 15) is 19.7 Å². The lowest BCUT2D eigenvalue weighted by Crippen LogP contribution is -2.26. The molecule has 0 saturated heterocycles. The molecule has 0 atom stereocenters. The molecule has 0 aromatic heterocycles. The molecule has 1 aliphatic carbocycles. The highest BCUT2D eigenvalue weighted by Crippen LogP contribution is 2.45. The molecule has 0 heterocycles. The third-order valence-corrected chi connectivity index (χ3v) is 4.98. The number of amides is 1. The second-order valence-electron chi connectivity index (χ2n) is 6.85. The highest BCUT2D eigenvalue weighted by molar-refractivity contribution is 5.94. The van der Waals surface area contributed by atoms with Crippen molar-refractivity contribution in [3.05, 3.63) is 99.6 Å². The lowest BCUT2D eigenvalue weighted by Gasteiger charge is -2.15. The molecular weight excluding hydrogens is 384 g/mol. The van der Waals surface area contributed by atoms with Gasteiger partial charge in [-0.3, -0.25) is 19.7 Å². The zero-order chi connectivity index (χ0) is 21.1. The third kappa shape index (κ3) is 3.77. The number of nitrogens with one attached hydrogen (secondary N) is 1. The van der Waals surface area contributed by atoms with Crippen molar-refractivity contribution in [2.45, 2.75) is 12.5 Å². The Morgan fingerprint density at radius 1 is 0.900 bits per heavy atom. The number of ether oxygens (including phenoxy) is 1. The van der Waals surface area contributed by atoms with Crippen LogP contribution < -0.4 is 5.32 Å². The highest BCUT2D eigenvalue weighted by atomic mass is 16.6. The number of hydrogen-bond donors (Lipinski definition) is 1. The summed E-state index contributed by atoms with van der Waals surface area (Å²) in [6.45, 7) is 0.102. The summed E-state index contributed by atoms with van der Waals surface area (Å²) in [4.78, 5) is 34.7. The standard InChI is InChI=1S/C23H18N2O5/c26-21(13-14-24-23(27)15-9-11-16(12-10-15)25(28)29)30-22-19-7-3-1-5-17(19)18-6-2-4-8-20(18)22/h1-12,22H,13-14H2,(H,24,27). The Hall–Kier alpha value is -4.00. The molecule has 0 bridgehead atoms. The van der Waals surface area contributed by atoms with E-state index in [2.05, 4.69) is 5.32 Å². The van der Waals surface area contributed by atoms with Crippen LogP contribution in [0.1, 0.15) is 34.0 Å². The summed E-state index contributed by atoms with van der Waals surface area (Å²) < 4.78 is 5.73. The fourth-order valence-electron chi connectivity index (χ4n) is 3.54. The fraction of sp³-hybridized carbons (Fsp3) is 0.130. The van der Waals surface area contributed by atoms with Gasteiger partial charge in [0.15, 0.2) is 6.10 Å². The molecule has 1 N–H and O–H groups in total. The van der Waals surface area contributed by atoms with E-state index in [4.69, 9.17) is 4.74 Å². The van der Waals surface area contributed by atoms with Gasteiger partial charge in [0, 0.05) is 35.4 Å². The van der Waals surface area contributed by atoms with Crippen molar-refractivity contribution in [3.63, 3.8) is 0 Å². The number of non-ortho nitro benzene ring substituents is 1. The van der Waals surface area contributed by atoms with Gasteiger partial charge in [0.05, 0.1) is 11.3 Å². The Kier molecular flexibility index (Phi) is 5.26. The largest absolute Gasteiger partial charge is 0.452 e. The highest BCUT2D eigenvalue weighted by Gasteiger charge is 2.30. The first-order chi connectivity index (χ1) is 14.5. The summed E-state index contributed by atoms with van der Waals surface area (Å²) in [5.74, 6) is -0.829. The van der Waals surface area contributed by atoms with Gasteiger partial charge in [0.2, 0.25) is 0 Å². The first-order valence-corrected chi connectivity index (χ1v) is 9.45. The van der Waals surface area contributed by atoms with Crippen molar-refractivity contribution in [1.82, 2.24) is 5.32 Å². The van der Waals surface area contributed by atoms with Gasteiger partial charge in [-0.15, -0.1) is 0 Å². The van der Waals surface area contributed by atoms with E-state index in [1.807, 2.05) is 48.5 Å². The van der Waals surface area contributed by atoms with E-state index in [1.54, 1.807) is 0 Å². The molecule has 0 saturated carbocycles. The number of nitrogens with zero attached hydrogens (tertiary/aromatic N) is 1. The predicted molar refractivity (Wildman–Crippen MR) is 110 cm³/mol.